The molecule has 0 bridgehead atoms. The fourth-order valence-corrected chi connectivity index (χ4v) is 1.87. The number of carbonyl (C=O) groups excluding carboxylic acids is 2. The third kappa shape index (κ3) is 12.4. The van der Waals surface area contributed by atoms with Crippen molar-refractivity contribution in [3.63, 3.8) is 0 Å². The van der Waals surface area contributed by atoms with Crippen molar-refractivity contribution in [2.24, 2.45) is 0 Å². The predicted octanol–water partition coefficient (Wildman–Crippen LogP) is 3.26. The first-order valence-electron chi connectivity index (χ1n) is 8.04. The summed E-state index contributed by atoms with van der Waals surface area (Å²) in [6.45, 7) is 6.19. The fraction of sp³-hybridized carbons (Fsp3) is 0.875. The van der Waals surface area contributed by atoms with Crippen LogP contribution in [0.25, 0.3) is 0 Å². The summed E-state index contributed by atoms with van der Waals surface area (Å²) in [5.74, 6) is 0.0176. The second-order valence-corrected chi connectivity index (χ2v) is 6.37. The summed E-state index contributed by atoms with van der Waals surface area (Å²) in [7, 11) is 3.11. The van der Waals surface area contributed by atoms with Gasteiger partial charge in [0.2, 0.25) is 5.91 Å². The van der Waals surface area contributed by atoms with E-state index in [9.17, 15) is 9.59 Å². The average molecular weight is 316 g/mol. The molecule has 0 aliphatic carbocycles. The molecular weight excluding hydrogens is 284 g/mol. The SMILES string of the molecule is CON(C)C(=O)CCCCCCCCNC(=O)OC(C)(C)C. The van der Waals surface area contributed by atoms with Gasteiger partial charge in [0.25, 0.3) is 0 Å². The summed E-state index contributed by atoms with van der Waals surface area (Å²) in [6, 6.07) is 0. The number of unbranched alkanes of at least 4 members (excludes halogenated alkanes) is 5. The van der Waals surface area contributed by atoms with Crippen LogP contribution < -0.4 is 5.32 Å². The van der Waals surface area contributed by atoms with Gasteiger partial charge in [-0.25, -0.2) is 9.86 Å². The molecule has 0 fully saturated rings. The predicted molar refractivity (Wildman–Crippen MR) is 86.3 cm³/mol. The standard InChI is InChI=1S/C16H32N2O4/c1-16(2,3)22-15(20)17-13-11-9-7-6-8-10-12-14(19)18(4)21-5/h6-13H2,1-5H3,(H,17,20). The number of hydrogen-bond donors (Lipinski definition) is 1. The van der Waals surface area contributed by atoms with E-state index in [1.807, 2.05) is 20.8 Å². The van der Waals surface area contributed by atoms with Crippen LogP contribution in [-0.2, 0) is 14.4 Å². The van der Waals surface area contributed by atoms with E-state index in [2.05, 4.69) is 5.32 Å². The molecule has 0 spiro atoms. The van der Waals surface area contributed by atoms with Gasteiger partial charge in [0, 0.05) is 20.0 Å². The van der Waals surface area contributed by atoms with E-state index >= 15 is 0 Å². The molecule has 6 heteroatoms. The molecule has 0 saturated heterocycles. The molecule has 0 unspecified atom stereocenters. The lowest BCUT2D eigenvalue weighted by molar-refractivity contribution is -0.168. The van der Waals surface area contributed by atoms with Crippen LogP contribution in [0.5, 0.6) is 0 Å². The summed E-state index contributed by atoms with van der Waals surface area (Å²) in [4.78, 5) is 27.7. The summed E-state index contributed by atoms with van der Waals surface area (Å²) in [5.41, 5.74) is -0.446. The van der Waals surface area contributed by atoms with E-state index in [-0.39, 0.29) is 12.0 Å². The molecule has 0 aliphatic heterocycles. The third-order valence-corrected chi connectivity index (χ3v) is 3.11. The van der Waals surface area contributed by atoms with Crippen molar-refractivity contribution in [1.29, 1.82) is 0 Å². The number of hydrogen-bond acceptors (Lipinski definition) is 4. The van der Waals surface area contributed by atoms with Gasteiger partial charge in [-0.1, -0.05) is 25.7 Å². The Morgan fingerprint density at radius 1 is 1.00 bits per heavy atom. The zero-order valence-corrected chi connectivity index (χ0v) is 14.7. The normalized spacial score (nSPS) is 11.1. The number of nitrogens with zero attached hydrogens (tertiary/aromatic N) is 1. The minimum absolute atomic E-state index is 0.0176. The quantitative estimate of drug-likeness (QED) is 0.496. The Balaban J connectivity index is 3.38. The monoisotopic (exact) mass is 316 g/mol. The lowest BCUT2D eigenvalue weighted by Gasteiger charge is -2.19. The van der Waals surface area contributed by atoms with E-state index in [1.165, 1.54) is 12.2 Å². The van der Waals surface area contributed by atoms with Gasteiger partial charge in [-0.3, -0.25) is 9.63 Å². The van der Waals surface area contributed by atoms with Crippen LogP contribution in [0.1, 0.15) is 65.7 Å². The van der Waals surface area contributed by atoms with Gasteiger partial charge in [-0.2, -0.15) is 0 Å². The maximum atomic E-state index is 11.5. The molecular formula is C16H32N2O4. The highest BCUT2D eigenvalue weighted by atomic mass is 16.7. The molecule has 1 N–H and O–H groups in total. The van der Waals surface area contributed by atoms with Crippen molar-refractivity contribution < 1.29 is 19.2 Å². The molecule has 0 atom stereocenters. The minimum atomic E-state index is -0.446. The lowest BCUT2D eigenvalue weighted by atomic mass is 10.1. The molecule has 0 heterocycles. The Morgan fingerprint density at radius 3 is 2.09 bits per heavy atom. The van der Waals surface area contributed by atoms with Crippen molar-refractivity contribution in [3.8, 4) is 0 Å². The van der Waals surface area contributed by atoms with Gasteiger partial charge in [0.1, 0.15) is 5.60 Å². The summed E-state index contributed by atoms with van der Waals surface area (Å²) in [5, 5.41) is 4.02. The Kier molecular flexibility index (Phi) is 10.6. The Bertz CT molecular complexity index is 327. The van der Waals surface area contributed by atoms with Gasteiger partial charge < -0.3 is 10.1 Å². The van der Waals surface area contributed by atoms with E-state index < -0.39 is 5.60 Å². The molecule has 130 valence electrons. The maximum Gasteiger partial charge on any atom is 0.407 e. The van der Waals surface area contributed by atoms with Gasteiger partial charge in [0.05, 0.1) is 7.11 Å². The summed E-state index contributed by atoms with van der Waals surface area (Å²) in [6.07, 6.45) is 6.36. The Hall–Kier alpha value is -1.30. The van der Waals surface area contributed by atoms with Crippen molar-refractivity contribution in [2.45, 2.75) is 71.3 Å². The Labute approximate surface area is 134 Å². The maximum absolute atomic E-state index is 11.5. The van der Waals surface area contributed by atoms with E-state index in [1.54, 1.807) is 7.05 Å². The largest absolute Gasteiger partial charge is 0.444 e. The van der Waals surface area contributed by atoms with Gasteiger partial charge >= 0.3 is 6.09 Å². The first-order chi connectivity index (χ1) is 10.3. The fourth-order valence-electron chi connectivity index (χ4n) is 1.87. The number of nitrogens with one attached hydrogen (secondary N) is 1. The topological polar surface area (TPSA) is 67.9 Å². The summed E-state index contributed by atoms with van der Waals surface area (Å²) >= 11 is 0. The number of hydroxylamine groups is 2. The second kappa shape index (κ2) is 11.3. The molecule has 0 aliphatic rings. The van der Waals surface area contributed by atoms with Crippen LogP contribution in [0.3, 0.4) is 0 Å². The molecule has 0 aromatic heterocycles. The lowest BCUT2D eigenvalue weighted by Crippen LogP contribution is -2.32. The average Bonchev–Trinajstić information content (AvgIpc) is 2.42. The molecule has 0 rings (SSSR count). The van der Waals surface area contributed by atoms with Crippen LogP contribution in [0, 0.1) is 0 Å². The van der Waals surface area contributed by atoms with Crippen LogP contribution in [0.4, 0.5) is 4.79 Å². The highest BCUT2D eigenvalue weighted by Gasteiger charge is 2.15. The molecule has 6 nitrogen and oxygen atoms in total. The Morgan fingerprint density at radius 2 is 1.55 bits per heavy atom. The van der Waals surface area contributed by atoms with Crippen LogP contribution in [-0.4, -0.2) is 43.4 Å². The third-order valence-electron chi connectivity index (χ3n) is 3.11. The molecule has 0 aromatic carbocycles. The number of carbonyl (C=O) groups is 2. The summed E-state index contributed by atoms with van der Waals surface area (Å²) < 4.78 is 5.15. The van der Waals surface area contributed by atoms with Crippen LogP contribution >= 0.6 is 0 Å². The molecule has 22 heavy (non-hydrogen) atoms. The number of rotatable bonds is 10. The van der Waals surface area contributed by atoms with Crippen molar-refractivity contribution >= 4 is 12.0 Å². The van der Waals surface area contributed by atoms with Crippen molar-refractivity contribution in [3.05, 3.63) is 0 Å². The second-order valence-electron chi connectivity index (χ2n) is 6.37. The van der Waals surface area contributed by atoms with Gasteiger partial charge in [0.15, 0.2) is 0 Å². The molecule has 2 amide bonds. The first kappa shape index (κ1) is 20.7. The van der Waals surface area contributed by atoms with Crippen LogP contribution in [0.2, 0.25) is 0 Å². The first-order valence-corrected chi connectivity index (χ1v) is 8.04. The number of alkyl carbamates (subject to hydrolysis) is 1. The zero-order valence-electron chi connectivity index (χ0n) is 14.7. The van der Waals surface area contributed by atoms with Crippen LogP contribution in [0.15, 0.2) is 0 Å². The minimum Gasteiger partial charge on any atom is -0.444 e. The van der Waals surface area contributed by atoms with Gasteiger partial charge in [-0.05, 0) is 33.6 Å². The highest BCUT2D eigenvalue weighted by Crippen LogP contribution is 2.09. The van der Waals surface area contributed by atoms with E-state index in [0.29, 0.717) is 13.0 Å². The molecule has 0 aromatic rings. The van der Waals surface area contributed by atoms with Crippen molar-refractivity contribution in [1.82, 2.24) is 10.4 Å². The highest BCUT2D eigenvalue weighted by molar-refractivity contribution is 5.74. The smallest absolute Gasteiger partial charge is 0.407 e. The number of ether oxygens (including phenoxy) is 1. The van der Waals surface area contributed by atoms with Gasteiger partial charge in [-0.15, -0.1) is 0 Å². The molecule has 0 radical (unpaired) electrons. The number of amides is 2. The van der Waals surface area contributed by atoms with E-state index in [4.69, 9.17) is 9.57 Å². The van der Waals surface area contributed by atoms with E-state index in [0.717, 1.165) is 38.5 Å². The zero-order chi connectivity index (χ0) is 17.0. The van der Waals surface area contributed by atoms with Crippen molar-refractivity contribution in [2.75, 3.05) is 20.7 Å². The molecule has 0 saturated carbocycles.